The molecule has 0 aromatic rings. The molecular formula is C8H9BrO2. The van der Waals surface area contributed by atoms with E-state index in [1.807, 2.05) is 6.08 Å². The van der Waals surface area contributed by atoms with Crippen molar-refractivity contribution in [2.24, 2.45) is 0 Å². The van der Waals surface area contributed by atoms with Gasteiger partial charge in [-0.1, -0.05) is 22.0 Å². The molecule has 0 aromatic carbocycles. The van der Waals surface area contributed by atoms with Gasteiger partial charge in [0.25, 0.3) is 0 Å². The average molecular weight is 217 g/mol. The number of carbonyl (C=O) groups is 1. The van der Waals surface area contributed by atoms with E-state index >= 15 is 0 Å². The molecule has 0 heterocycles. The van der Waals surface area contributed by atoms with E-state index in [2.05, 4.69) is 15.9 Å². The molecule has 0 saturated carbocycles. The molecule has 0 spiro atoms. The largest absolute Gasteiger partial charge is 0.501 e. The minimum atomic E-state index is -0.0104. The fourth-order valence-corrected chi connectivity index (χ4v) is 1.34. The molecule has 1 aliphatic rings. The van der Waals surface area contributed by atoms with Crippen molar-refractivity contribution in [3.05, 3.63) is 24.0 Å². The minimum Gasteiger partial charge on any atom is -0.501 e. The Morgan fingerprint density at radius 1 is 1.73 bits per heavy atom. The summed E-state index contributed by atoms with van der Waals surface area (Å²) in [6, 6.07) is 0. The lowest BCUT2D eigenvalue weighted by atomic mass is 10.3. The van der Waals surface area contributed by atoms with E-state index in [1.165, 1.54) is 6.08 Å². The van der Waals surface area contributed by atoms with Gasteiger partial charge in [0.15, 0.2) is 5.78 Å². The first-order valence-electron chi connectivity index (χ1n) is 3.33. The molecule has 1 atom stereocenters. The number of ether oxygens (including phenoxy) is 1. The maximum absolute atomic E-state index is 10.9. The van der Waals surface area contributed by atoms with E-state index in [4.69, 9.17) is 4.74 Å². The summed E-state index contributed by atoms with van der Waals surface area (Å²) in [6.07, 6.45) is 5.62. The van der Waals surface area contributed by atoms with Crippen LogP contribution in [-0.2, 0) is 9.53 Å². The summed E-state index contributed by atoms with van der Waals surface area (Å²) in [7, 11) is 1.57. The summed E-state index contributed by atoms with van der Waals surface area (Å²) in [5.74, 6) is 0.714. The Morgan fingerprint density at radius 3 is 3.09 bits per heavy atom. The third-order valence-electron chi connectivity index (χ3n) is 1.43. The van der Waals surface area contributed by atoms with Gasteiger partial charge >= 0.3 is 0 Å². The molecule has 0 radical (unpaired) electrons. The first-order chi connectivity index (χ1) is 5.22. The van der Waals surface area contributed by atoms with Crippen molar-refractivity contribution >= 4 is 21.7 Å². The van der Waals surface area contributed by atoms with E-state index in [-0.39, 0.29) is 10.6 Å². The van der Waals surface area contributed by atoms with Gasteiger partial charge < -0.3 is 4.74 Å². The summed E-state index contributed by atoms with van der Waals surface area (Å²) < 4.78 is 4.98. The zero-order valence-electron chi connectivity index (χ0n) is 6.21. The molecule has 0 amide bonds. The van der Waals surface area contributed by atoms with Gasteiger partial charge in [-0.3, -0.25) is 4.79 Å². The van der Waals surface area contributed by atoms with Crippen LogP contribution in [0.1, 0.15) is 6.42 Å². The Morgan fingerprint density at radius 2 is 2.45 bits per heavy atom. The summed E-state index contributed by atoms with van der Waals surface area (Å²) in [4.78, 5) is 11.1. The van der Waals surface area contributed by atoms with Crippen LogP contribution in [0.3, 0.4) is 0 Å². The number of methoxy groups -OCH3 is 1. The van der Waals surface area contributed by atoms with Crippen molar-refractivity contribution in [3.8, 4) is 0 Å². The number of hydrogen-bond acceptors (Lipinski definition) is 2. The Hall–Kier alpha value is -0.570. The summed E-state index contributed by atoms with van der Waals surface area (Å²) in [6.45, 7) is 0. The fourth-order valence-electron chi connectivity index (χ4n) is 0.867. The standard InChI is InChI=1S/C8H9BrO2/c1-11-8-4-6(9)2-3-7(10)5-8/h2-3,5-6H,4H2,1H3. The molecule has 1 aliphatic carbocycles. The van der Waals surface area contributed by atoms with Gasteiger partial charge in [-0.15, -0.1) is 0 Å². The van der Waals surface area contributed by atoms with Crippen molar-refractivity contribution in [2.45, 2.75) is 11.2 Å². The molecule has 0 saturated heterocycles. The Kier molecular flexibility index (Phi) is 2.88. The van der Waals surface area contributed by atoms with E-state index in [0.717, 1.165) is 12.2 Å². The van der Waals surface area contributed by atoms with Gasteiger partial charge in [-0.05, 0) is 6.08 Å². The van der Waals surface area contributed by atoms with Crippen LogP contribution < -0.4 is 0 Å². The highest BCUT2D eigenvalue weighted by Gasteiger charge is 2.09. The van der Waals surface area contributed by atoms with Crippen LogP contribution in [0.5, 0.6) is 0 Å². The predicted octanol–water partition coefficient (Wildman–Crippen LogP) is 1.81. The number of hydrogen-bond donors (Lipinski definition) is 0. The number of rotatable bonds is 1. The number of ketones is 1. The Labute approximate surface area is 74.1 Å². The lowest BCUT2D eigenvalue weighted by Crippen LogP contribution is -1.95. The van der Waals surface area contributed by atoms with Gasteiger partial charge in [0.2, 0.25) is 0 Å². The third kappa shape index (κ3) is 2.50. The summed E-state index contributed by atoms with van der Waals surface area (Å²) >= 11 is 3.39. The smallest absolute Gasteiger partial charge is 0.181 e. The van der Waals surface area contributed by atoms with Gasteiger partial charge in [-0.25, -0.2) is 0 Å². The second-order valence-corrected chi connectivity index (χ2v) is 3.47. The predicted molar refractivity (Wildman–Crippen MR) is 46.6 cm³/mol. The maximum Gasteiger partial charge on any atom is 0.181 e. The van der Waals surface area contributed by atoms with Crippen LogP contribution in [0.2, 0.25) is 0 Å². The molecule has 2 nitrogen and oxygen atoms in total. The van der Waals surface area contributed by atoms with Crippen LogP contribution in [0, 0.1) is 0 Å². The van der Waals surface area contributed by atoms with Gasteiger partial charge in [0.1, 0.15) is 5.76 Å². The molecule has 60 valence electrons. The highest BCUT2D eigenvalue weighted by molar-refractivity contribution is 9.09. The second kappa shape index (κ2) is 3.72. The number of carbonyl (C=O) groups excluding carboxylic acids is 1. The lowest BCUT2D eigenvalue weighted by molar-refractivity contribution is -0.110. The monoisotopic (exact) mass is 216 g/mol. The van der Waals surface area contributed by atoms with E-state index in [1.54, 1.807) is 13.2 Å². The van der Waals surface area contributed by atoms with Crippen molar-refractivity contribution in [1.29, 1.82) is 0 Å². The van der Waals surface area contributed by atoms with Crippen LogP contribution in [0.15, 0.2) is 24.0 Å². The SMILES string of the molecule is COC1=CC(=O)C=CC(Br)C1. The average Bonchev–Trinajstić information content (AvgIpc) is 2.13. The molecule has 0 aliphatic heterocycles. The Bertz CT molecular complexity index is 218. The molecule has 0 bridgehead atoms. The lowest BCUT2D eigenvalue weighted by Gasteiger charge is -2.04. The first kappa shape index (κ1) is 8.53. The molecule has 1 unspecified atom stereocenters. The van der Waals surface area contributed by atoms with Crippen LogP contribution in [0.25, 0.3) is 0 Å². The fraction of sp³-hybridized carbons (Fsp3) is 0.375. The van der Waals surface area contributed by atoms with Crippen molar-refractivity contribution in [2.75, 3.05) is 7.11 Å². The number of allylic oxidation sites excluding steroid dienone is 4. The molecule has 0 fully saturated rings. The maximum atomic E-state index is 10.9. The van der Waals surface area contributed by atoms with Gasteiger partial charge in [0, 0.05) is 17.3 Å². The molecule has 3 heteroatoms. The van der Waals surface area contributed by atoms with E-state index in [9.17, 15) is 4.79 Å². The summed E-state index contributed by atoms with van der Waals surface area (Å²) in [5, 5.41) is 0. The van der Waals surface area contributed by atoms with Gasteiger partial charge in [-0.2, -0.15) is 0 Å². The minimum absolute atomic E-state index is 0.0104. The highest BCUT2D eigenvalue weighted by Crippen LogP contribution is 2.17. The molecule has 1 rings (SSSR count). The van der Waals surface area contributed by atoms with E-state index in [0.29, 0.717) is 0 Å². The van der Waals surface area contributed by atoms with E-state index < -0.39 is 0 Å². The normalized spacial score (nSPS) is 24.4. The van der Waals surface area contributed by atoms with Crippen LogP contribution in [0.4, 0.5) is 0 Å². The molecule has 11 heavy (non-hydrogen) atoms. The topological polar surface area (TPSA) is 26.3 Å². The Balaban J connectivity index is 2.77. The first-order valence-corrected chi connectivity index (χ1v) is 4.24. The number of alkyl halides is 1. The van der Waals surface area contributed by atoms with Gasteiger partial charge in [0.05, 0.1) is 7.11 Å². The zero-order valence-corrected chi connectivity index (χ0v) is 7.80. The highest BCUT2D eigenvalue weighted by atomic mass is 79.9. The van der Waals surface area contributed by atoms with Crippen LogP contribution >= 0.6 is 15.9 Å². The van der Waals surface area contributed by atoms with Crippen molar-refractivity contribution in [1.82, 2.24) is 0 Å². The quantitative estimate of drug-likeness (QED) is 0.626. The second-order valence-electron chi connectivity index (χ2n) is 2.30. The molecule has 0 aromatic heterocycles. The summed E-state index contributed by atoms with van der Waals surface area (Å²) in [5.41, 5.74) is 0. The van der Waals surface area contributed by atoms with Crippen molar-refractivity contribution in [3.63, 3.8) is 0 Å². The van der Waals surface area contributed by atoms with Crippen LogP contribution in [-0.4, -0.2) is 17.7 Å². The molecular weight excluding hydrogens is 208 g/mol. The third-order valence-corrected chi connectivity index (χ3v) is 2.06. The zero-order chi connectivity index (χ0) is 8.27. The van der Waals surface area contributed by atoms with Crippen molar-refractivity contribution < 1.29 is 9.53 Å². The number of halogens is 1. The molecule has 0 N–H and O–H groups in total.